The molecule has 1 saturated heterocycles. The number of nitrogens with one attached hydrogen (secondary N) is 1. The molecular formula is C19H22N4. The van der Waals surface area contributed by atoms with Crippen molar-refractivity contribution in [2.24, 2.45) is 0 Å². The van der Waals surface area contributed by atoms with Crippen molar-refractivity contribution in [1.82, 2.24) is 19.9 Å². The number of rotatable bonds is 2. The number of nitrogens with zero attached hydrogens (tertiary/aromatic N) is 3. The largest absolute Gasteiger partial charge is 0.309 e. The topological polar surface area (TPSA) is 42.2 Å². The summed E-state index contributed by atoms with van der Waals surface area (Å²) in [6, 6.07) is 13.0. The van der Waals surface area contributed by atoms with E-state index in [-0.39, 0.29) is 0 Å². The van der Waals surface area contributed by atoms with E-state index in [0.29, 0.717) is 6.04 Å². The monoisotopic (exact) mass is 306 g/mol. The molecule has 3 aromatic rings. The zero-order valence-corrected chi connectivity index (χ0v) is 13.7. The summed E-state index contributed by atoms with van der Waals surface area (Å²) in [5, 5.41) is 8.49. The van der Waals surface area contributed by atoms with E-state index in [1.165, 1.54) is 24.0 Å². The maximum absolute atomic E-state index is 4.91. The van der Waals surface area contributed by atoms with Crippen LogP contribution in [0.5, 0.6) is 0 Å². The molecule has 4 nitrogen and oxygen atoms in total. The van der Waals surface area contributed by atoms with Crippen molar-refractivity contribution < 1.29 is 0 Å². The predicted octanol–water partition coefficient (Wildman–Crippen LogP) is 3.83. The first-order chi connectivity index (χ1) is 11.2. The number of aryl methyl sites for hydroxylation is 1. The van der Waals surface area contributed by atoms with Crippen LogP contribution in [-0.2, 0) is 0 Å². The van der Waals surface area contributed by atoms with Crippen LogP contribution in [0.2, 0.25) is 0 Å². The second kappa shape index (κ2) is 5.78. The molecule has 1 aromatic carbocycles. The summed E-state index contributed by atoms with van der Waals surface area (Å²) < 4.78 is 2.02. The molecule has 1 fully saturated rings. The molecule has 0 radical (unpaired) electrons. The molecule has 1 aliphatic rings. The van der Waals surface area contributed by atoms with Gasteiger partial charge < -0.3 is 5.32 Å². The maximum Gasteiger partial charge on any atom is 0.156 e. The molecular weight excluding hydrogens is 284 g/mol. The summed E-state index contributed by atoms with van der Waals surface area (Å²) in [5.74, 6) is 0. The standard InChI is InChI=1S/C19H22N4/c1-13-14(2)21-18-12-17(16-10-6-7-11-20-16)22-23(18)19(13)15-8-4-3-5-9-15/h3-5,8-9,12,16,20H,6-7,10-11H2,1-2H3. The fraction of sp³-hybridized carbons (Fsp3) is 0.368. The average Bonchev–Trinajstić information content (AvgIpc) is 3.01. The lowest BCUT2D eigenvalue weighted by Crippen LogP contribution is -2.27. The van der Waals surface area contributed by atoms with Gasteiger partial charge in [-0.05, 0) is 38.8 Å². The fourth-order valence-electron chi connectivity index (χ4n) is 3.43. The van der Waals surface area contributed by atoms with Crippen LogP contribution in [0.3, 0.4) is 0 Å². The third-order valence-electron chi connectivity index (χ3n) is 4.82. The van der Waals surface area contributed by atoms with Gasteiger partial charge in [-0.2, -0.15) is 5.10 Å². The van der Waals surface area contributed by atoms with Gasteiger partial charge in [-0.25, -0.2) is 9.50 Å². The van der Waals surface area contributed by atoms with Crippen LogP contribution in [0.25, 0.3) is 16.9 Å². The normalized spacial score (nSPS) is 18.4. The minimum Gasteiger partial charge on any atom is -0.309 e. The molecule has 1 unspecified atom stereocenters. The Morgan fingerprint density at radius 1 is 1.13 bits per heavy atom. The molecule has 0 aliphatic carbocycles. The summed E-state index contributed by atoms with van der Waals surface area (Å²) in [6.07, 6.45) is 3.68. The molecule has 1 N–H and O–H groups in total. The van der Waals surface area contributed by atoms with Crippen LogP contribution in [0.4, 0.5) is 0 Å². The number of hydrogen-bond acceptors (Lipinski definition) is 3. The van der Waals surface area contributed by atoms with Crippen molar-refractivity contribution >= 4 is 5.65 Å². The van der Waals surface area contributed by atoms with Crippen LogP contribution in [-0.4, -0.2) is 21.1 Å². The Balaban J connectivity index is 1.90. The highest BCUT2D eigenvalue weighted by Crippen LogP contribution is 2.28. The zero-order valence-electron chi connectivity index (χ0n) is 13.7. The summed E-state index contributed by atoms with van der Waals surface area (Å²) in [7, 11) is 0. The highest BCUT2D eigenvalue weighted by atomic mass is 15.3. The first-order valence-electron chi connectivity index (χ1n) is 8.40. The summed E-state index contributed by atoms with van der Waals surface area (Å²) >= 11 is 0. The smallest absolute Gasteiger partial charge is 0.156 e. The van der Waals surface area contributed by atoms with E-state index in [4.69, 9.17) is 10.1 Å². The van der Waals surface area contributed by atoms with Crippen molar-refractivity contribution in [1.29, 1.82) is 0 Å². The van der Waals surface area contributed by atoms with E-state index >= 15 is 0 Å². The molecule has 118 valence electrons. The summed E-state index contributed by atoms with van der Waals surface area (Å²) in [4.78, 5) is 4.75. The van der Waals surface area contributed by atoms with Gasteiger partial charge in [0.15, 0.2) is 5.65 Å². The van der Waals surface area contributed by atoms with Crippen molar-refractivity contribution in [3.63, 3.8) is 0 Å². The lowest BCUT2D eigenvalue weighted by atomic mass is 10.0. The molecule has 0 amide bonds. The summed E-state index contributed by atoms with van der Waals surface area (Å²) in [6.45, 7) is 5.28. The molecule has 3 heterocycles. The SMILES string of the molecule is Cc1nc2cc(C3CCCCN3)nn2c(-c2ccccc2)c1C. The predicted molar refractivity (Wildman–Crippen MR) is 92.5 cm³/mol. The zero-order chi connectivity index (χ0) is 15.8. The van der Waals surface area contributed by atoms with Crippen molar-refractivity contribution in [3.8, 4) is 11.3 Å². The second-order valence-electron chi connectivity index (χ2n) is 6.38. The van der Waals surface area contributed by atoms with Crippen LogP contribution in [0, 0.1) is 13.8 Å². The fourth-order valence-corrected chi connectivity index (χ4v) is 3.43. The lowest BCUT2D eigenvalue weighted by Gasteiger charge is -2.21. The first-order valence-corrected chi connectivity index (χ1v) is 8.40. The van der Waals surface area contributed by atoms with Crippen molar-refractivity contribution in [2.45, 2.75) is 39.2 Å². The quantitative estimate of drug-likeness (QED) is 0.782. The van der Waals surface area contributed by atoms with E-state index in [0.717, 1.165) is 35.7 Å². The molecule has 2 aromatic heterocycles. The number of aromatic nitrogens is 3. The van der Waals surface area contributed by atoms with Crippen LogP contribution >= 0.6 is 0 Å². The van der Waals surface area contributed by atoms with Gasteiger partial charge in [0, 0.05) is 17.3 Å². The van der Waals surface area contributed by atoms with E-state index in [2.05, 4.69) is 49.5 Å². The van der Waals surface area contributed by atoms with E-state index < -0.39 is 0 Å². The molecule has 23 heavy (non-hydrogen) atoms. The van der Waals surface area contributed by atoms with Crippen LogP contribution in [0.1, 0.15) is 42.3 Å². The van der Waals surface area contributed by atoms with Gasteiger partial charge in [-0.1, -0.05) is 36.8 Å². The third kappa shape index (κ3) is 2.53. The Bertz CT molecular complexity index is 829. The van der Waals surface area contributed by atoms with Gasteiger partial charge in [-0.3, -0.25) is 0 Å². The van der Waals surface area contributed by atoms with E-state index in [1.54, 1.807) is 0 Å². The maximum atomic E-state index is 4.91. The first kappa shape index (κ1) is 14.4. The van der Waals surface area contributed by atoms with Gasteiger partial charge in [-0.15, -0.1) is 0 Å². The third-order valence-corrected chi connectivity index (χ3v) is 4.82. The molecule has 0 bridgehead atoms. The molecule has 1 aliphatic heterocycles. The van der Waals surface area contributed by atoms with Crippen LogP contribution < -0.4 is 5.32 Å². The molecule has 0 saturated carbocycles. The highest BCUT2D eigenvalue weighted by molar-refractivity contribution is 5.67. The summed E-state index contributed by atoms with van der Waals surface area (Å²) in [5.41, 5.74) is 6.64. The van der Waals surface area contributed by atoms with Crippen molar-refractivity contribution in [3.05, 3.63) is 53.3 Å². The van der Waals surface area contributed by atoms with Gasteiger partial charge in [0.1, 0.15) is 0 Å². The minimum absolute atomic E-state index is 0.356. The minimum atomic E-state index is 0.356. The molecule has 4 heteroatoms. The molecule has 4 rings (SSSR count). The number of hydrogen-bond donors (Lipinski definition) is 1. The highest BCUT2D eigenvalue weighted by Gasteiger charge is 2.20. The van der Waals surface area contributed by atoms with Crippen LogP contribution in [0.15, 0.2) is 36.4 Å². The van der Waals surface area contributed by atoms with Gasteiger partial charge in [0.05, 0.1) is 17.4 Å². The van der Waals surface area contributed by atoms with Gasteiger partial charge in [0.2, 0.25) is 0 Å². The number of fused-ring (bicyclic) bond motifs is 1. The van der Waals surface area contributed by atoms with E-state index in [9.17, 15) is 0 Å². The van der Waals surface area contributed by atoms with Gasteiger partial charge in [0.25, 0.3) is 0 Å². The molecule has 0 spiro atoms. The van der Waals surface area contributed by atoms with E-state index in [1.807, 2.05) is 10.6 Å². The Morgan fingerprint density at radius 2 is 1.96 bits per heavy atom. The second-order valence-corrected chi connectivity index (χ2v) is 6.38. The Morgan fingerprint density at radius 3 is 2.70 bits per heavy atom. The molecule has 1 atom stereocenters. The number of piperidine rings is 1. The lowest BCUT2D eigenvalue weighted by molar-refractivity contribution is 0.404. The van der Waals surface area contributed by atoms with Crippen molar-refractivity contribution in [2.75, 3.05) is 6.54 Å². The Kier molecular flexibility index (Phi) is 3.62. The average molecular weight is 306 g/mol. The Hall–Kier alpha value is -2.20. The van der Waals surface area contributed by atoms with Gasteiger partial charge >= 0.3 is 0 Å². The number of benzene rings is 1. The Labute approximate surface area is 136 Å².